The van der Waals surface area contributed by atoms with Crippen molar-refractivity contribution in [3.8, 4) is 5.75 Å². The van der Waals surface area contributed by atoms with Gasteiger partial charge in [0.1, 0.15) is 5.75 Å². The van der Waals surface area contributed by atoms with Crippen LogP contribution in [0.25, 0.3) is 0 Å². The van der Waals surface area contributed by atoms with Gasteiger partial charge in [-0.1, -0.05) is 19.9 Å². The van der Waals surface area contributed by atoms with Crippen LogP contribution in [-0.2, 0) is 9.59 Å². The van der Waals surface area contributed by atoms with Crippen LogP contribution in [-0.4, -0.2) is 41.9 Å². The SMILES string of the molecule is CCN(CC(=O)NC(C)(C)C)C(=O)COc1ccc(C(C)C)c(C)c1. The molecule has 5 nitrogen and oxygen atoms in total. The van der Waals surface area contributed by atoms with Gasteiger partial charge in [0.05, 0.1) is 6.54 Å². The van der Waals surface area contributed by atoms with Crippen LogP contribution in [0.3, 0.4) is 0 Å². The number of aryl methyl sites for hydroxylation is 1. The van der Waals surface area contributed by atoms with Crippen molar-refractivity contribution in [3.63, 3.8) is 0 Å². The largest absolute Gasteiger partial charge is 0.484 e. The van der Waals surface area contributed by atoms with Gasteiger partial charge < -0.3 is 15.0 Å². The standard InChI is InChI=1S/C20H32N2O3/c1-8-22(12-18(23)21-20(5,6)7)19(24)13-25-16-9-10-17(14(2)3)15(4)11-16/h9-11,14H,8,12-13H2,1-7H3,(H,21,23). The Kier molecular flexibility index (Phi) is 7.46. The van der Waals surface area contributed by atoms with E-state index >= 15 is 0 Å². The Morgan fingerprint density at radius 2 is 1.88 bits per heavy atom. The minimum Gasteiger partial charge on any atom is -0.484 e. The lowest BCUT2D eigenvalue weighted by atomic mass is 9.98. The normalized spacial score (nSPS) is 11.4. The van der Waals surface area contributed by atoms with Crippen LogP contribution in [0.15, 0.2) is 18.2 Å². The lowest BCUT2D eigenvalue weighted by Crippen LogP contribution is -2.48. The fourth-order valence-electron chi connectivity index (χ4n) is 2.63. The highest BCUT2D eigenvalue weighted by Gasteiger charge is 2.19. The summed E-state index contributed by atoms with van der Waals surface area (Å²) in [6, 6.07) is 5.87. The maximum absolute atomic E-state index is 12.3. The Balaban J connectivity index is 2.62. The molecule has 0 fully saturated rings. The third-order valence-corrected chi connectivity index (χ3v) is 3.81. The number of amides is 2. The predicted molar refractivity (Wildman–Crippen MR) is 101 cm³/mol. The fourth-order valence-corrected chi connectivity index (χ4v) is 2.63. The second-order valence-corrected chi connectivity index (χ2v) is 7.67. The first-order valence-corrected chi connectivity index (χ1v) is 8.85. The summed E-state index contributed by atoms with van der Waals surface area (Å²) in [6.45, 7) is 14.4. The molecule has 0 bridgehead atoms. The molecule has 1 N–H and O–H groups in total. The number of ether oxygens (including phenoxy) is 1. The van der Waals surface area contributed by atoms with Crippen LogP contribution in [0.2, 0.25) is 0 Å². The van der Waals surface area contributed by atoms with Crippen molar-refractivity contribution in [2.45, 2.75) is 59.9 Å². The van der Waals surface area contributed by atoms with Crippen LogP contribution in [0, 0.1) is 6.92 Å². The number of carbonyl (C=O) groups excluding carboxylic acids is 2. The topological polar surface area (TPSA) is 58.6 Å². The van der Waals surface area contributed by atoms with Gasteiger partial charge in [0.2, 0.25) is 5.91 Å². The summed E-state index contributed by atoms with van der Waals surface area (Å²) in [7, 11) is 0. The van der Waals surface area contributed by atoms with Crippen molar-refractivity contribution in [3.05, 3.63) is 29.3 Å². The Bertz CT molecular complexity index is 603. The quantitative estimate of drug-likeness (QED) is 0.823. The smallest absolute Gasteiger partial charge is 0.260 e. The van der Waals surface area contributed by atoms with Gasteiger partial charge in [-0.2, -0.15) is 0 Å². The fraction of sp³-hybridized carbons (Fsp3) is 0.600. The third kappa shape index (κ3) is 7.16. The summed E-state index contributed by atoms with van der Waals surface area (Å²) in [6.07, 6.45) is 0. The average Bonchev–Trinajstić information content (AvgIpc) is 2.48. The number of nitrogens with one attached hydrogen (secondary N) is 1. The molecule has 0 aliphatic carbocycles. The van der Waals surface area contributed by atoms with E-state index in [4.69, 9.17) is 4.74 Å². The van der Waals surface area contributed by atoms with Crippen LogP contribution in [0.1, 0.15) is 58.6 Å². The number of hydrogen-bond donors (Lipinski definition) is 1. The number of likely N-dealkylation sites (N-methyl/N-ethyl adjacent to an activating group) is 1. The molecule has 0 saturated carbocycles. The van der Waals surface area contributed by atoms with Gasteiger partial charge in [-0.15, -0.1) is 0 Å². The van der Waals surface area contributed by atoms with Gasteiger partial charge in [0, 0.05) is 12.1 Å². The van der Waals surface area contributed by atoms with E-state index in [1.807, 2.05) is 52.8 Å². The number of rotatable bonds is 7. The first-order valence-electron chi connectivity index (χ1n) is 8.85. The highest BCUT2D eigenvalue weighted by molar-refractivity contribution is 5.85. The maximum atomic E-state index is 12.3. The van der Waals surface area contributed by atoms with Crippen molar-refractivity contribution in [1.82, 2.24) is 10.2 Å². The molecule has 1 rings (SSSR count). The summed E-state index contributed by atoms with van der Waals surface area (Å²) >= 11 is 0. The Hall–Kier alpha value is -2.04. The molecule has 0 spiro atoms. The number of hydrogen-bond acceptors (Lipinski definition) is 3. The molecule has 0 aliphatic rings. The molecule has 2 amide bonds. The molecule has 1 aromatic carbocycles. The summed E-state index contributed by atoms with van der Waals surface area (Å²) in [5.74, 6) is 0.759. The minimum atomic E-state index is -0.314. The lowest BCUT2D eigenvalue weighted by Gasteiger charge is -2.25. The zero-order valence-electron chi connectivity index (χ0n) is 16.6. The van der Waals surface area contributed by atoms with Gasteiger partial charge >= 0.3 is 0 Å². The highest BCUT2D eigenvalue weighted by Crippen LogP contribution is 2.23. The van der Waals surface area contributed by atoms with E-state index in [1.165, 1.54) is 10.5 Å². The molecule has 140 valence electrons. The lowest BCUT2D eigenvalue weighted by molar-refractivity contribution is -0.137. The molecule has 0 aromatic heterocycles. The van der Waals surface area contributed by atoms with E-state index in [0.29, 0.717) is 18.2 Å². The zero-order valence-corrected chi connectivity index (χ0v) is 16.6. The van der Waals surface area contributed by atoms with Crippen molar-refractivity contribution in [2.24, 2.45) is 0 Å². The minimum absolute atomic E-state index is 0.0429. The number of benzene rings is 1. The predicted octanol–water partition coefficient (Wildman–Crippen LogP) is 3.26. The second kappa shape index (κ2) is 8.88. The van der Waals surface area contributed by atoms with E-state index < -0.39 is 0 Å². The van der Waals surface area contributed by atoms with Crippen molar-refractivity contribution >= 4 is 11.8 Å². The summed E-state index contributed by atoms with van der Waals surface area (Å²) < 4.78 is 5.63. The second-order valence-electron chi connectivity index (χ2n) is 7.67. The van der Waals surface area contributed by atoms with Crippen LogP contribution in [0.5, 0.6) is 5.75 Å². The summed E-state index contributed by atoms with van der Waals surface area (Å²) in [5.41, 5.74) is 2.11. The van der Waals surface area contributed by atoms with Crippen molar-refractivity contribution in [2.75, 3.05) is 19.7 Å². The summed E-state index contributed by atoms with van der Waals surface area (Å²) in [5, 5.41) is 2.86. The molecule has 0 heterocycles. The first kappa shape index (κ1) is 21.0. The Morgan fingerprint density at radius 1 is 1.24 bits per heavy atom. The Morgan fingerprint density at radius 3 is 2.36 bits per heavy atom. The highest BCUT2D eigenvalue weighted by atomic mass is 16.5. The van der Waals surface area contributed by atoms with E-state index in [0.717, 1.165) is 5.56 Å². The van der Waals surface area contributed by atoms with E-state index in [2.05, 4.69) is 19.2 Å². The van der Waals surface area contributed by atoms with Crippen LogP contribution in [0.4, 0.5) is 0 Å². The number of carbonyl (C=O) groups is 2. The number of nitrogens with zero attached hydrogens (tertiary/aromatic N) is 1. The Labute approximate surface area is 151 Å². The average molecular weight is 348 g/mol. The maximum Gasteiger partial charge on any atom is 0.260 e. The monoisotopic (exact) mass is 348 g/mol. The van der Waals surface area contributed by atoms with E-state index in [1.54, 1.807) is 0 Å². The summed E-state index contributed by atoms with van der Waals surface area (Å²) in [4.78, 5) is 25.8. The zero-order chi connectivity index (χ0) is 19.2. The molecule has 25 heavy (non-hydrogen) atoms. The molecular weight excluding hydrogens is 316 g/mol. The molecule has 0 aliphatic heterocycles. The van der Waals surface area contributed by atoms with Crippen LogP contribution >= 0.6 is 0 Å². The van der Waals surface area contributed by atoms with Crippen molar-refractivity contribution < 1.29 is 14.3 Å². The van der Waals surface area contributed by atoms with Gasteiger partial charge in [-0.25, -0.2) is 0 Å². The van der Waals surface area contributed by atoms with E-state index in [9.17, 15) is 9.59 Å². The first-order chi connectivity index (χ1) is 11.5. The van der Waals surface area contributed by atoms with Gasteiger partial charge in [0.15, 0.2) is 6.61 Å². The van der Waals surface area contributed by atoms with E-state index in [-0.39, 0.29) is 30.5 Å². The molecule has 0 unspecified atom stereocenters. The van der Waals surface area contributed by atoms with Gasteiger partial charge in [0.25, 0.3) is 5.91 Å². The molecule has 5 heteroatoms. The molecule has 1 aromatic rings. The molecule has 0 saturated heterocycles. The van der Waals surface area contributed by atoms with Gasteiger partial charge in [-0.3, -0.25) is 9.59 Å². The van der Waals surface area contributed by atoms with Gasteiger partial charge in [-0.05, 0) is 63.8 Å². The molecule has 0 atom stereocenters. The molecular formula is C20H32N2O3. The van der Waals surface area contributed by atoms with Crippen molar-refractivity contribution in [1.29, 1.82) is 0 Å². The third-order valence-electron chi connectivity index (χ3n) is 3.81. The molecule has 0 radical (unpaired) electrons. The van der Waals surface area contributed by atoms with Crippen LogP contribution < -0.4 is 10.1 Å².